The molecule has 1 amide bonds. The third-order valence-electron chi connectivity index (χ3n) is 4.77. The summed E-state index contributed by atoms with van der Waals surface area (Å²) in [5, 5.41) is 2.62. The summed E-state index contributed by atoms with van der Waals surface area (Å²) in [5.41, 5.74) is 1.24. The fourth-order valence-electron chi connectivity index (χ4n) is 3.22. The summed E-state index contributed by atoms with van der Waals surface area (Å²) in [6.07, 6.45) is -3.75. The van der Waals surface area contributed by atoms with Crippen LogP contribution in [0.3, 0.4) is 0 Å². The summed E-state index contributed by atoms with van der Waals surface area (Å²) in [6, 6.07) is 11.3. The van der Waals surface area contributed by atoms with E-state index in [-0.39, 0.29) is 17.3 Å². The van der Waals surface area contributed by atoms with Crippen molar-refractivity contribution < 1.29 is 31.1 Å². The van der Waals surface area contributed by atoms with Crippen LogP contribution in [0.2, 0.25) is 0 Å². The molecule has 1 fully saturated rings. The number of anilines is 1. The van der Waals surface area contributed by atoms with Gasteiger partial charge in [0.15, 0.2) is 0 Å². The predicted molar refractivity (Wildman–Crippen MR) is 104 cm³/mol. The Morgan fingerprint density at radius 1 is 1.10 bits per heavy atom. The number of nitrogens with zero attached hydrogens (tertiary/aromatic N) is 1. The average Bonchev–Trinajstić information content (AvgIpc) is 2.69. The number of sulfonamides is 1. The van der Waals surface area contributed by atoms with Gasteiger partial charge >= 0.3 is 6.36 Å². The highest BCUT2D eigenvalue weighted by atomic mass is 32.2. The van der Waals surface area contributed by atoms with E-state index in [0.717, 1.165) is 17.7 Å². The van der Waals surface area contributed by atoms with Gasteiger partial charge in [0.2, 0.25) is 15.9 Å². The van der Waals surface area contributed by atoms with Crippen LogP contribution in [0.15, 0.2) is 53.4 Å². The largest absolute Gasteiger partial charge is 0.573 e. The minimum Gasteiger partial charge on any atom is -0.406 e. The summed E-state index contributed by atoms with van der Waals surface area (Å²) in [5.74, 6) is -1.35. The second-order valence-corrected chi connectivity index (χ2v) is 9.01. The van der Waals surface area contributed by atoms with Crippen LogP contribution in [-0.2, 0) is 14.8 Å². The van der Waals surface area contributed by atoms with Gasteiger partial charge in [-0.25, -0.2) is 8.42 Å². The molecule has 1 N–H and O–H groups in total. The first kappa shape index (κ1) is 22.1. The maximum absolute atomic E-state index is 12.9. The van der Waals surface area contributed by atoms with Crippen LogP contribution in [0, 0.1) is 12.8 Å². The Balaban J connectivity index is 1.65. The highest BCUT2D eigenvalue weighted by molar-refractivity contribution is 7.89. The van der Waals surface area contributed by atoms with Crippen molar-refractivity contribution in [3.05, 3.63) is 54.1 Å². The fourth-order valence-corrected chi connectivity index (χ4v) is 4.74. The van der Waals surface area contributed by atoms with Gasteiger partial charge in [0.1, 0.15) is 5.75 Å². The van der Waals surface area contributed by atoms with Gasteiger partial charge in [0.05, 0.1) is 10.8 Å². The second kappa shape index (κ2) is 8.65. The molecule has 2 aromatic rings. The summed E-state index contributed by atoms with van der Waals surface area (Å²) < 4.78 is 67.5. The predicted octanol–water partition coefficient (Wildman–Crippen LogP) is 3.93. The Bertz CT molecular complexity index is 990. The van der Waals surface area contributed by atoms with Crippen molar-refractivity contribution in [2.24, 2.45) is 5.92 Å². The molecule has 0 aromatic heterocycles. The molecule has 1 aliphatic heterocycles. The van der Waals surface area contributed by atoms with E-state index in [9.17, 15) is 26.4 Å². The number of alkyl halides is 3. The SMILES string of the molecule is Cc1ccc(S(=O)(=O)N2CCC[C@H](C(=O)Nc3ccc(OC(F)(F)F)cc3)C2)cc1. The van der Waals surface area contributed by atoms with E-state index >= 15 is 0 Å². The molecule has 0 bridgehead atoms. The Morgan fingerprint density at radius 3 is 2.33 bits per heavy atom. The topological polar surface area (TPSA) is 75.7 Å². The maximum Gasteiger partial charge on any atom is 0.573 e. The van der Waals surface area contributed by atoms with E-state index in [0.29, 0.717) is 25.1 Å². The molecule has 162 valence electrons. The standard InChI is InChI=1S/C20H21F3N2O4S/c1-14-4-10-18(11-5-14)30(27,28)25-12-2-3-15(13-25)19(26)24-16-6-8-17(9-7-16)29-20(21,22)23/h4-11,15H,2-3,12-13H2,1H3,(H,24,26)/t15-/m0/s1. The van der Waals surface area contributed by atoms with Crippen molar-refractivity contribution in [1.82, 2.24) is 4.31 Å². The van der Waals surface area contributed by atoms with Crippen LogP contribution in [0.25, 0.3) is 0 Å². The van der Waals surface area contributed by atoms with Crippen LogP contribution < -0.4 is 10.1 Å². The number of hydrogen-bond donors (Lipinski definition) is 1. The highest BCUT2D eigenvalue weighted by Crippen LogP contribution is 2.27. The lowest BCUT2D eigenvalue weighted by Crippen LogP contribution is -2.43. The van der Waals surface area contributed by atoms with Gasteiger partial charge in [-0.3, -0.25) is 4.79 Å². The number of hydrogen-bond acceptors (Lipinski definition) is 4. The molecule has 1 saturated heterocycles. The number of aryl methyl sites for hydroxylation is 1. The highest BCUT2D eigenvalue weighted by Gasteiger charge is 2.33. The van der Waals surface area contributed by atoms with Gasteiger partial charge in [-0.05, 0) is 56.2 Å². The minimum absolute atomic E-state index is 0.0390. The quantitative estimate of drug-likeness (QED) is 0.761. The zero-order valence-corrected chi connectivity index (χ0v) is 17.0. The maximum atomic E-state index is 12.9. The molecule has 6 nitrogen and oxygen atoms in total. The number of carbonyl (C=O) groups excluding carboxylic acids is 1. The van der Waals surface area contributed by atoms with E-state index in [1.807, 2.05) is 6.92 Å². The Morgan fingerprint density at radius 2 is 1.73 bits per heavy atom. The first-order valence-electron chi connectivity index (χ1n) is 9.28. The summed E-state index contributed by atoms with van der Waals surface area (Å²) in [7, 11) is -3.71. The molecule has 2 aromatic carbocycles. The Hall–Kier alpha value is -2.59. The van der Waals surface area contributed by atoms with E-state index < -0.39 is 28.1 Å². The van der Waals surface area contributed by atoms with E-state index in [4.69, 9.17) is 0 Å². The molecule has 1 heterocycles. The number of rotatable bonds is 5. The molecule has 10 heteroatoms. The summed E-state index contributed by atoms with van der Waals surface area (Å²) in [4.78, 5) is 12.8. The van der Waals surface area contributed by atoms with Crippen molar-refractivity contribution in [3.8, 4) is 5.75 Å². The molecule has 1 atom stereocenters. The molecule has 0 aliphatic carbocycles. The molecular formula is C20H21F3N2O4S. The lowest BCUT2D eigenvalue weighted by atomic mass is 9.99. The van der Waals surface area contributed by atoms with Crippen LogP contribution in [0.5, 0.6) is 5.75 Å². The van der Waals surface area contributed by atoms with Gasteiger partial charge in [-0.1, -0.05) is 17.7 Å². The smallest absolute Gasteiger partial charge is 0.406 e. The number of carbonyl (C=O) groups is 1. The molecule has 30 heavy (non-hydrogen) atoms. The summed E-state index contributed by atoms with van der Waals surface area (Å²) in [6.45, 7) is 2.22. The normalized spacial score (nSPS) is 18.1. The van der Waals surface area contributed by atoms with Gasteiger partial charge in [0.25, 0.3) is 0 Å². The number of nitrogens with one attached hydrogen (secondary N) is 1. The Kier molecular flexibility index (Phi) is 6.37. The first-order chi connectivity index (χ1) is 14.0. The number of ether oxygens (including phenoxy) is 1. The van der Waals surface area contributed by atoms with Crippen molar-refractivity contribution in [2.75, 3.05) is 18.4 Å². The minimum atomic E-state index is -4.79. The van der Waals surface area contributed by atoms with Crippen LogP contribution in [-0.4, -0.2) is 38.1 Å². The number of amides is 1. The average molecular weight is 442 g/mol. The number of halogens is 3. The van der Waals surface area contributed by atoms with Crippen molar-refractivity contribution >= 4 is 21.6 Å². The van der Waals surface area contributed by atoms with Gasteiger partial charge in [-0.15, -0.1) is 13.2 Å². The van der Waals surface area contributed by atoms with Gasteiger partial charge in [0, 0.05) is 18.8 Å². The first-order valence-corrected chi connectivity index (χ1v) is 10.7. The van der Waals surface area contributed by atoms with Crippen LogP contribution in [0.4, 0.5) is 18.9 Å². The molecule has 0 radical (unpaired) electrons. The van der Waals surface area contributed by atoms with E-state index in [2.05, 4.69) is 10.1 Å². The monoisotopic (exact) mass is 442 g/mol. The van der Waals surface area contributed by atoms with Gasteiger partial charge < -0.3 is 10.1 Å². The second-order valence-electron chi connectivity index (χ2n) is 7.08. The molecule has 0 saturated carbocycles. The third kappa shape index (κ3) is 5.51. The molecule has 3 rings (SSSR count). The molecule has 1 aliphatic rings. The van der Waals surface area contributed by atoms with Crippen molar-refractivity contribution in [2.45, 2.75) is 31.0 Å². The lowest BCUT2D eigenvalue weighted by molar-refractivity contribution is -0.274. The van der Waals surface area contributed by atoms with Crippen molar-refractivity contribution in [3.63, 3.8) is 0 Å². The number of benzene rings is 2. The Labute approximate surface area is 172 Å². The van der Waals surface area contributed by atoms with Crippen LogP contribution in [0.1, 0.15) is 18.4 Å². The van der Waals surface area contributed by atoms with E-state index in [1.165, 1.54) is 16.4 Å². The van der Waals surface area contributed by atoms with E-state index in [1.54, 1.807) is 24.3 Å². The fraction of sp³-hybridized carbons (Fsp3) is 0.350. The molecule has 0 unspecified atom stereocenters. The molecular weight excluding hydrogens is 421 g/mol. The molecule has 0 spiro atoms. The third-order valence-corrected chi connectivity index (χ3v) is 6.65. The number of piperidine rings is 1. The zero-order valence-electron chi connectivity index (χ0n) is 16.1. The zero-order chi connectivity index (χ0) is 21.9. The lowest BCUT2D eigenvalue weighted by Gasteiger charge is -2.31. The summed E-state index contributed by atoms with van der Waals surface area (Å²) >= 11 is 0. The van der Waals surface area contributed by atoms with Gasteiger partial charge in [-0.2, -0.15) is 4.31 Å². The van der Waals surface area contributed by atoms with Crippen LogP contribution >= 0.6 is 0 Å². The van der Waals surface area contributed by atoms with Crippen molar-refractivity contribution in [1.29, 1.82) is 0 Å².